The maximum atomic E-state index is 9.79. The van der Waals surface area contributed by atoms with Crippen LogP contribution in [0.1, 0.15) is 24.1 Å². The van der Waals surface area contributed by atoms with Gasteiger partial charge in [-0.3, -0.25) is 0 Å². The summed E-state index contributed by atoms with van der Waals surface area (Å²) in [7, 11) is 0. The zero-order chi connectivity index (χ0) is 15.4. The fourth-order valence-electron chi connectivity index (χ4n) is 2.39. The van der Waals surface area contributed by atoms with Crippen LogP contribution in [-0.2, 0) is 6.54 Å². The quantitative estimate of drug-likeness (QED) is 0.757. The van der Waals surface area contributed by atoms with Gasteiger partial charge in [0, 0.05) is 36.2 Å². The van der Waals surface area contributed by atoms with Crippen molar-refractivity contribution < 1.29 is 5.11 Å². The molecule has 0 amide bonds. The molecule has 0 radical (unpaired) electrons. The minimum Gasteiger partial charge on any atom is -0.508 e. The standard InChI is InChI=1S/C18H19N3O/c1-14(20-12-16-4-2-3-5-18(16)22)15-6-8-17(9-7-15)21-11-10-19-13-21/h2-11,13-14,20,22H,12H2,1H3. The van der Waals surface area contributed by atoms with Crippen LogP contribution in [0.25, 0.3) is 5.69 Å². The predicted octanol–water partition coefficient (Wildman–Crippen LogP) is 3.43. The average Bonchev–Trinajstić information content (AvgIpc) is 3.08. The molecule has 0 aliphatic carbocycles. The first-order valence-corrected chi connectivity index (χ1v) is 7.32. The second-order valence-corrected chi connectivity index (χ2v) is 5.29. The van der Waals surface area contributed by atoms with Crippen LogP contribution in [0.5, 0.6) is 5.75 Å². The molecule has 1 atom stereocenters. The Bertz CT molecular complexity index is 720. The molecule has 1 heterocycles. The van der Waals surface area contributed by atoms with Gasteiger partial charge in [0.25, 0.3) is 0 Å². The van der Waals surface area contributed by atoms with E-state index in [-0.39, 0.29) is 6.04 Å². The lowest BCUT2D eigenvalue weighted by atomic mass is 10.1. The summed E-state index contributed by atoms with van der Waals surface area (Å²) in [5, 5.41) is 13.2. The van der Waals surface area contributed by atoms with Crippen LogP contribution < -0.4 is 5.32 Å². The van der Waals surface area contributed by atoms with Crippen molar-refractivity contribution in [2.75, 3.05) is 0 Å². The second kappa shape index (κ2) is 6.45. The lowest BCUT2D eigenvalue weighted by Crippen LogP contribution is -2.18. The first-order chi connectivity index (χ1) is 10.7. The number of rotatable bonds is 5. The third-order valence-electron chi connectivity index (χ3n) is 3.79. The second-order valence-electron chi connectivity index (χ2n) is 5.29. The van der Waals surface area contributed by atoms with Gasteiger partial charge < -0.3 is 15.0 Å². The number of phenolic OH excluding ortho intramolecular Hbond substituents is 1. The predicted molar refractivity (Wildman–Crippen MR) is 86.9 cm³/mol. The molecule has 0 spiro atoms. The maximum Gasteiger partial charge on any atom is 0.120 e. The molecule has 112 valence electrons. The number of imidazole rings is 1. The Balaban J connectivity index is 1.65. The number of hydrogen-bond donors (Lipinski definition) is 2. The van der Waals surface area contributed by atoms with Crippen molar-refractivity contribution in [3.63, 3.8) is 0 Å². The highest BCUT2D eigenvalue weighted by molar-refractivity contribution is 5.36. The van der Waals surface area contributed by atoms with Crippen molar-refractivity contribution in [2.45, 2.75) is 19.5 Å². The van der Waals surface area contributed by atoms with Gasteiger partial charge in [0.05, 0.1) is 6.33 Å². The van der Waals surface area contributed by atoms with Crippen LogP contribution in [0.15, 0.2) is 67.3 Å². The number of aromatic nitrogens is 2. The van der Waals surface area contributed by atoms with Crippen molar-refractivity contribution in [1.82, 2.24) is 14.9 Å². The highest BCUT2D eigenvalue weighted by Crippen LogP contribution is 2.19. The van der Waals surface area contributed by atoms with Gasteiger partial charge in [-0.1, -0.05) is 30.3 Å². The Kier molecular flexibility index (Phi) is 4.21. The first-order valence-electron chi connectivity index (χ1n) is 7.32. The van der Waals surface area contributed by atoms with Crippen LogP contribution in [-0.4, -0.2) is 14.7 Å². The summed E-state index contributed by atoms with van der Waals surface area (Å²) < 4.78 is 1.98. The van der Waals surface area contributed by atoms with Crippen LogP contribution in [0, 0.1) is 0 Å². The summed E-state index contributed by atoms with van der Waals surface area (Å²) in [4.78, 5) is 4.05. The molecule has 3 aromatic rings. The molecular formula is C18H19N3O. The highest BCUT2D eigenvalue weighted by Gasteiger charge is 2.07. The largest absolute Gasteiger partial charge is 0.508 e. The topological polar surface area (TPSA) is 50.1 Å². The van der Waals surface area contributed by atoms with Gasteiger partial charge in [0.15, 0.2) is 0 Å². The number of nitrogens with zero attached hydrogens (tertiary/aromatic N) is 2. The van der Waals surface area contributed by atoms with Gasteiger partial charge >= 0.3 is 0 Å². The number of benzene rings is 2. The monoisotopic (exact) mass is 293 g/mol. The van der Waals surface area contributed by atoms with E-state index in [9.17, 15) is 5.11 Å². The SMILES string of the molecule is CC(NCc1ccccc1O)c1ccc(-n2ccnc2)cc1. The van der Waals surface area contributed by atoms with Crippen molar-refractivity contribution in [3.05, 3.63) is 78.4 Å². The third kappa shape index (κ3) is 3.18. The highest BCUT2D eigenvalue weighted by atomic mass is 16.3. The molecule has 0 fully saturated rings. The van der Waals surface area contributed by atoms with E-state index < -0.39 is 0 Å². The summed E-state index contributed by atoms with van der Waals surface area (Å²) in [5.41, 5.74) is 3.21. The van der Waals surface area contributed by atoms with E-state index in [4.69, 9.17) is 0 Å². The van der Waals surface area contributed by atoms with Crippen LogP contribution in [0.3, 0.4) is 0 Å². The smallest absolute Gasteiger partial charge is 0.120 e. The molecule has 4 nitrogen and oxygen atoms in total. The van der Waals surface area contributed by atoms with Crippen LogP contribution in [0.4, 0.5) is 0 Å². The fourth-order valence-corrected chi connectivity index (χ4v) is 2.39. The Morgan fingerprint density at radius 3 is 2.59 bits per heavy atom. The fraction of sp³-hybridized carbons (Fsp3) is 0.167. The molecule has 0 aliphatic heterocycles. The molecule has 0 saturated heterocycles. The van der Waals surface area contributed by atoms with E-state index in [1.165, 1.54) is 5.56 Å². The number of para-hydroxylation sites is 1. The summed E-state index contributed by atoms with van der Waals surface area (Å²) >= 11 is 0. The van der Waals surface area contributed by atoms with Crippen LogP contribution in [0.2, 0.25) is 0 Å². The van der Waals surface area contributed by atoms with Gasteiger partial charge in [-0.15, -0.1) is 0 Å². The molecule has 2 aromatic carbocycles. The summed E-state index contributed by atoms with van der Waals surface area (Å²) in [6, 6.07) is 16.0. The molecule has 1 unspecified atom stereocenters. The first kappa shape index (κ1) is 14.4. The van der Waals surface area contributed by atoms with E-state index in [1.54, 1.807) is 18.6 Å². The molecule has 22 heavy (non-hydrogen) atoms. The van der Waals surface area contributed by atoms with Gasteiger partial charge in [0.2, 0.25) is 0 Å². The van der Waals surface area contributed by atoms with Crippen LogP contribution >= 0.6 is 0 Å². The van der Waals surface area contributed by atoms with E-state index >= 15 is 0 Å². The Labute approximate surface area is 130 Å². The number of hydrogen-bond acceptors (Lipinski definition) is 3. The van der Waals surface area contributed by atoms with E-state index in [0.29, 0.717) is 12.3 Å². The Morgan fingerprint density at radius 2 is 1.91 bits per heavy atom. The van der Waals surface area contributed by atoms with E-state index in [1.807, 2.05) is 29.0 Å². The molecule has 1 aromatic heterocycles. The maximum absolute atomic E-state index is 9.79. The lowest BCUT2D eigenvalue weighted by molar-refractivity contribution is 0.460. The van der Waals surface area contributed by atoms with E-state index in [2.05, 4.69) is 41.5 Å². The number of phenols is 1. The summed E-state index contributed by atoms with van der Waals surface area (Å²) in [5.74, 6) is 0.331. The third-order valence-corrected chi connectivity index (χ3v) is 3.79. The van der Waals surface area contributed by atoms with E-state index in [0.717, 1.165) is 11.3 Å². The molecule has 4 heteroatoms. The molecule has 0 aliphatic rings. The average molecular weight is 293 g/mol. The minimum atomic E-state index is 0.205. The molecule has 0 bridgehead atoms. The molecule has 3 rings (SSSR count). The summed E-state index contributed by atoms with van der Waals surface area (Å²) in [6.45, 7) is 2.75. The molecule has 0 saturated carbocycles. The van der Waals surface area contributed by atoms with Crippen molar-refractivity contribution in [3.8, 4) is 11.4 Å². The van der Waals surface area contributed by atoms with Gasteiger partial charge in [-0.05, 0) is 30.7 Å². The lowest BCUT2D eigenvalue weighted by Gasteiger charge is -2.15. The molecular weight excluding hydrogens is 274 g/mol. The minimum absolute atomic E-state index is 0.205. The Morgan fingerprint density at radius 1 is 1.14 bits per heavy atom. The zero-order valence-corrected chi connectivity index (χ0v) is 12.5. The van der Waals surface area contributed by atoms with Gasteiger partial charge in [-0.25, -0.2) is 4.98 Å². The Hall–Kier alpha value is -2.59. The van der Waals surface area contributed by atoms with Gasteiger partial charge in [-0.2, -0.15) is 0 Å². The number of nitrogens with one attached hydrogen (secondary N) is 1. The number of aromatic hydroxyl groups is 1. The van der Waals surface area contributed by atoms with Crippen molar-refractivity contribution in [1.29, 1.82) is 0 Å². The normalized spacial score (nSPS) is 12.2. The van der Waals surface area contributed by atoms with Crippen molar-refractivity contribution in [2.24, 2.45) is 0 Å². The summed E-state index contributed by atoms with van der Waals surface area (Å²) in [6.07, 6.45) is 5.48. The van der Waals surface area contributed by atoms with Gasteiger partial charge in [0.1, 0.15) is 5.75 Å². The molecule has 2 N–H and O–H groups in total. The zero-order valence-electron chi connectivity index (χ0n) is 12.5. The van der Waals surface area contributed by atoms with Crippen molar-refractivity contribution >= 4 is 0 Å².